The van der Waals surface area contributed by atoms with Gasteiger partial charge in [0.2, 0.25) is 23.6 Å². The highest BCUT2D eigenvalue weighted by Gasteiger charge is 2.67. The van der Waals surface area contributed by atoms with E-state index in [0.717, 1.165) is 48.6 Å². The SMILES string of the molecule is COc1ccc(C2C3=CCC4C(=O)N(C5CCCCC5)C(=O)C4C3CC3C(=O)N(c4ccc(F)c(Cl)c4)C(=O)C32C)cc1O. The van der Waals surface area contributed by atoms with Crippen molar-refractivity contribution in [2.75, 3.05) is 12.0 Å². The van der Waals surface area contributed by atoms with E-state index in [1.54, 1.807) is 25.1 Å². The number of nitrogens with zero attached hydrogens (tertiary/aromatic N) is 2. The highest BCUT2D eigenvalue weighted by Crippen LogP contribution is 2.64. The lowest BCUT2D eigenvalue weighted by Crippen LogP contribution is -2.49. The molecule has 6 atom stereocenters. The molecule has 3 aliphatic carbocycles. The highest BCUT2D eigenvalue weighted by molar-refractivity contribution is 6.31. The van der Waals surface area contributed by atoms with Crippen LogP contribution < -0.4 is 9.64 Å². The Bertz CT molecular complexity index is 1640. The van der Waals surface area contributed by atoms with Gasteiger partial charge in [-0.25, -0.2) is 9.29 Å². The quantitative estimate of drug-likeness (QED) is 0.345. The molecule has 2 aromatic rings. The normalized spacial score (nSPS) is 32.0. The number of methoxy groups -OCH3 is 1. The number of amides is 4. The molecule has 0 aromatic heterocycles. The van der Waals surface area contributed by atoms with Gasteiger partial charge in [0.15, 0.2) is 11.5 Å². The number of fused-ring (bicyclic) bond motifs is 4. The van der Waals surface area contributed by atoms with Crippen molar-refractivity contribution < 1.29 is 33.4 Å². The Morgan fingerprint density at radius 3 is 2.41 bits per heavy atom. The maximum absolute atomic E-state index is 14.5. The molecule has 0 spiro atoms. The molecule has 44 heavy (non-hydrogen) atoms. The Morgan fingerprint density at radius 1 is 0.977 bits per heavy atom. The largest absolute Gasteiger partial charge is 0.504 e. The molecule has 2 aromatic carbocycles. The number of anilines is 1. The molecule has 230 valence electrons. The van der Waals surface area contributed by atoms with Crippen molar-refractivity contribution in [3.05, 3.63) is 64.5 Å². The van der Waals surface area contributed by atoms with Crippen LogP contribution in [0.25, 0.3) is 0 Å². The van der Waals surface area contributed by atoms with E-state index in [9.17, 15) is 28.7 Å². The third-order valence-electron chi connectivity index (χ3n) is 10.9. The molecule has 7 rings (SSSR count). The number of likely N-dealkylation sites (tertiary alicyclic amines) is 1. The van der Waals surface area contributed by atoms with Gasteiger partial charge in [-0.05, 0) is 74.4 Å². The van der Waals surface area contributed by atoms with Gasteiger partial charge < -0.3 is 9.84 Å². The molecule has 5 aliphatic rings. The summed E-state index contributed by atoms with van der Waals surface area (Å²) in [4.78, 5) is 59.2. The maximum Gasteiger partial charge on any atom is 0.241 e. The second-order valence-electron chi connectivity index (χ2n) is 13.0. The number of benzene rings is 2. The Labute approximate surface area is 259 Å². The standard InChI is InChI=1S/C34H34ClFN2O6/c1-34-23(31(41)38(33(34)43)19-9-12-25(36)24(35)15-19)16-22-20(29(34)17-8-13-27(44-2)26(39)14-17)10-11-21-28(22)32(42)37(30(21)40)18-6-4-3-5-7-18/h8-10,12-15,18,21-23,28-29,39H,3-7,11,16H2,1-2H3. The molecule has 6 unspecified atom stereocenters. The average molecular weight is 621 g/mol. The highest BCUT2D eigenvalue weighted by atomic mass is 35.5. The Hall–Kier alpha value is -3.72. The molecule has 8 nitrogen and oxygen atoms in total. The van der Waals surface area contributed by atoms with E-state index in [1.165, 1.54) is 24.1 Å². The van der Waals surface area contributed by atoms with Crippen LogP contribution in [0.4, 0.5) is 10.1 Å². The molecule has 2 saturated carbocycles. The van der Waals surface area contributed by atoms with Crippen LogP contribution >= 0.6 is 11.6 Å². The number of imide groups is 2. The van der Waals surface area contributed by atoms with Crippen LogP contribution in [-0.4, -0.2) is 46.8 Å². The molecule has 2 heterocycles. The zero-order valence-corrected chi connectivity index (χ0v) is 25.4. The van der Waals surface area contributed by atoms with Crippen LogP contribution in [0.1, 0.15) is 63.4 Å². The van der Waals surface area contributed by atoms with Gasteiger partial charge in [0.1, 0.15) is 5.82 Å². The Morgan fingerprint density at radius 2 is 1.73 bits per heavy atom. The number of ether oxygens (including phenoxy) is 1. The van der Waals surface area contributed by atoms with E-state index in [1.807, 2.05) is 6.08 Å². The third kappa shape index (κ3) is 4.00. The summed E-state index contributed by atoms with van der Waals surface area (Å²) in [7, 11) is 1.44. The minimum atomic E-state index is -1.29. The van der Waals surface area contributed by atoms with Crippen LogP contribution in [0, 0.1) is 34.9 Å². The lowest BCUT2D eigenvalue weighted by molar-refractivity contribution is -0.144. The van der Waals surface area contributed by atoms with Crippen molar-refractivity contribution in [1.29, 1.82) is 0 Å². The zero-order chi connectivity index (χ0) is 31.1. The number of phenolic OH excluding ortho intramolecular Hbond substituents is 1. The first-order chi connectivity index (χ1) is 21.1. The van der Waals surface area contributed by atoms with Gasteiger partial charge in [0, 0.05) is 12.0 Å². The summed E-state index contributed by atoms with van der Waals surface area (Å²) in [6.07, 6.45) is 7.23. The summed E-state index contributed by atoms with van der Waals surface area (Å²) >= 11 is 6.07. The van der Waals surface area contributed by atoms with Gasteiger partial charge in [-0.15, -0.1) is 0 Å². The number of carbonyl (C=O) groups is 4. The molecule has 0 radical (unpaired) electrons. The molecule has 1 N–H and O–H groups in total. The Balaban J connectivity index is 1.35. The molecule has 0 bridgehead atoms. The van der Waals surface area contributed by atoms with E-state index in [4.69, 9.17) is 16.3 Å². The second-order valence-corrected chi connectivity index (χ2v) is 13.4. The predicted octanol–water partition coefficient (Wildman–Crippen LogP) is 5.76. The zero-order valence-electron chi connectivity index (χ0n) is 24.6. The van der Waals surface area contributed by atoms with E-state index in [2.05, 4.69) is 0 Å². The summed E-state index contributed by atoms with van der Waals surface area (Å²) in [6, 6.07) is 8.58. The van der Waals surface area contributed by atoms with Gasteiger partial charge >= 0.3 is 0 Å². The first-order valence-electron chi connectivity index (χ1n) is 15.3. The third-order valence-corrected chi connectivity index (χ3v) is 11.2. The van der Waals surface area contributed by atoms with Gasteiger partial charge in [-0.1, -0.05) is 48.6 Å². The number of phenols is 1. The summed E-state index contributed by atoms with van der Waals surface area (Å²) in [5.41, 5.74) is 0.319. The fourth-order valence-corrected chi connectivity index (χ4v) is 9.05. The smallest absolute Gasteiger partial charge is 0.241 e. The predicted molar refractivity (Wildman–Crippen MR) is 159 cm³/mol. The average Bonchev–Trinajstić information content (AvgIpc) is 3.38. The first kappa shape index (κ1) is 29.0. The number of hydrogen-bond donors (Lipinski definition) is 1. The van der Waals surface area contributed by atoms with E-state index < -0.39 is 52.6 Å². The molecular weight excluding hydrogens is 587 g/mol. The molecular formula is C34H34ClFN2O6. The van der Waals surface area contributed by atoms with Crippen LogP contribution in [0.5, 0.6) is 11.5 Å². The van der Waals surface area contributed by atoms with E-state index >= 15 is 0 Å². The number of aromatic hydroxyl groups is 1. The second kappa shape index (κ2) is 10.4. The van der Waals surface area contributed by atoms with Gasteiger partial charge in [0.25, 0.3) is 0 Å². The number of carbonyl (C=O) groups excluding carboxylic acids is 4. The van der Waals surface area contributed by atoms with Crippen LogP contribution in [0.2, 0.25) is 5.02 Å². The van der Waals surface area contributed by atoms with Crippen LogP contribution in [-0.2, 0) is 19.2 Å². The minimum absolute atomic E-state index is 0.102. The molecule has 4 amide bonds. The topological polar surface area (TPSA) is 104 Å². The molecule has 2 aliphatic heterocycles. The molecule has 2 saturated heterocycles. The summed E-state index contributed by atoms with van der Waals surface area (Å²) in [5, 5.41) is 10.6. The van der Waals surface area contributed by atoms with E-state index in [0.29, 0.717) is 12.0 Å². The molecule has 10 heteroatoms. The minimum Gasteiger partial charge on any atom is -0.504 e. The Kier molecular flexibility index (Phi) is 6.88. The van der Waals surface area contributed by atoms with Crippen molar-refractivity contribution in [2.24, 2.45) is 29.1 Å². The van der Waals surface area contributed by atoms with Crippen molar-refractivity contribution >= 4 is 40.9 Å². The van der Waals surface area contributed by atoms with E-state index in [-0.39, 0.29) is 46.5 Å². The van der Waals surface area contributed by atoms with Crippen molar-refractivity contribution in [1.82, 2.24) is 4.90 Å². The fourth-order valence-electron chi connectivity index (χ4n) is 8.88. The van der Waals surface area contributed by atoms with Crippen molar-refractivity contribution in [3.63, 3.8) is 0 Å². The summed E-state index contributed by atoms with van der Waals surface area (Å²) in [5.74, 6) is -4.83. The fraction of sp³-hybridized carbons (Fsp3) is 0.471. The van der Waals surface area contributed by atoms with Crippen LogP contribution in [0.15, 0.2) is 48.0 Å². The number of halogens is 2. The molecule has 4 fully saturated rings. The van der Waals surface area contributed by atoms with Crippen molar-refractivity contribution in [3.8, 4) is 11.5 Å². The monoisotopic (exact) mass is 620 g/mol. The number of hydrogen-bond acceptors (Lipinski definition) is 6. The van der Waals surface area contributed by atoms with Gasteiger partial charge in [0.05, 0.1) is 41.0 Å². The van der Waals surface area contributed by atoms with Crippen LogP contribution in [0.3, 0.4) is 0 Å². The lowest BCUT2D eigenvalue weighted by Gasteiger charge is -2.49. The maximum atomic E-state index is 14.5. The van der Waals surface area contributed by atoms with Crippen molar-refractivity contribution in [2.45, 2.75) is 63.8 Å². The number of allylic oxidation sites excluding steroid dienone is 2. The summed E-state index contributed by atoms with van der Waals surface area (Å²) in [6.45, 7) is 1.76. The lowest BCUT2D eigenvalue weighted by atomic mass is 9.51. The first-order valence-corrected chi connectivity index (χ1v) is 15.7. The van der Waals surface area contributed by atoms with Gasteiger partial charge in [-0.3, -0.25) is 24.1 Å². The van der Waals surface area contributed by atoms with Gasteiger partial charge in [-0.2, -0.15) is 0 Å². The summed E-state index contributed by atoms with van der Waals surface area (Å²) < 4.78 is 19.3. The number of rotatable bonds is 4.